The molecule has 0 bridgehead atoms. The van der Waals surface area contributed by atoms with E-state index in [2.05, 4.69) is 38.7 Å². The van der Waals surface area contributed by atoms with Gasteiger partial charge in [0.2, 0.25) is 0 Å². The van der Waals surface area contributed by atoms with Gasteiger partial charge in [0.25, 0.3) is 0 Å². The van der Waals surface area contributed by atoms with Gasteiger partial charge in [0.1, 0.15) is 0 Å². The van der Waals surface area contributed by atoms with Gasteiger partial charge in [-0.05, 0) is 37.0 Å². The minimum atomic E-state index is -0.499. The van der Waals surface area contributed by atoms with Crippen molar-refractivity contribution in [1.82, 2.24) is 0 Å². The molecule has 1 unspecified atom stereocenters. The van der Waals surface area contributed by atoms with E-state index in [0.717, 1.165) is 0 Å². The van der Waals surface area contributed by atoms with Crippen LogP contribution in [0.5, 0.6) is 0 Å². The Kier molecular flexibility index (Phi) is 5.60. The van der Waals surface area contributed by atoms with Crippen molar-refractivity contribution in [2.75, 3.05) is 0 Å². The van der Waals surface area contributed by atoms with Crippen LogP contribution in [0.3, 0.4) is 0 Å². The van der Waals surface area contributed by atoms with Gasteiger partial charge in [0, 0.05) is 0 Å². The molecule has 1 aliphatic carbocycles. The molecule has 0 heterocycles. The van der Waals surface area contributed by atoms with Crippen LogP contribution in [0.25, 0.3) is 0 Å². The summed E-state index contributed by atoms with van der Waals surface area (Å²) in [6.07, 6.45) is 2.45. The molecule has 0 saturated heterocycles. The monoisotopic (exact) mass is 296 g/mol. The minimum absolute atomic E-state index is 0.0810. The molecule has 1 fully saturated rings. The fourth-order valence-corrected chi connectivity index (χ4v) is 3.03. The molecule has 1 aliphatic rings. The summed E-state index contributed by atoms with van der Waals surface area (Å²) < 4.78 is 0. The first-order valence-electron chi connectivity index (χ1n) is 7.63. The maximum atomic E-state index is 12.0. The largest absolute Gasteiger partial charge is 0.358 e. The topological polar surface area (TPSA) is 52.6 Å². The van der Waals surface area contributed by atoms with Gasteiger partial charge in [-0.2, -0.15) is 0 Å². The summed E-state index contributed by atoms with van der Waals surface area (Å²) in [5, 5.41) is 0. The van der Waals surface area contributed by atoms with Crippen molar-refractivity contribution in [3.8, 4) is 0 Å². The summed E-state index contributed by atoms with van der Waals surface area (Å²) in [5.41, 5.74) is 1.33. The molecule has 0 N–H and O–H groups in total. The molecule has 0 radical (unpaired) electrons. The molecule has 1 saturated carbocycles. The molecule has 4 heteroatoms. The van der Waals surface area contributed by atoms with E-state index in [-0.39, 0.29) is 29.6 Å². The highest BCUT2D eigenvalue weighted by Crippen LogP contribution is 2.62. The molecule has 0 aromatic rings. The van der Waals surface area contributed by atoms with Crippen LogP contribution in [0.2, 0.25) is 0 Å². The first-order chi connectivity index (χ1) is 9.57. The van der Waals surface area contributed by atoms with Crippen molar-refractivity contribution in [1.29, 1.82) is 0 Å². The number of carbonyl (C=O) groups excluding carboxylic acids is 2. The SMILES string of the molecule is CC(C)=C[C@@H]1C([C@@H](C)C(=O)OOC(=O)CC(C)C)C1(C)C. The molecule has 0 aromatic carbocycles. The van der Waals surface area contributed by atoms with Crippen molar-refractivity contribution >= 4 is 11.9 Å². The lowest BCUT2D eigenvalue weighted by Crippen LogP contribution is -2.21. The molecular formula is C17H28O4. The first-order valence-corrected chi connectivity index (χ1v) is 7.63. The third kappa shape index (κ3) is 4.58. The fourth-order valence-electron chi connectivity index (χ4n) is 3.03. The summed E-state index contributed by atoms with van der Waals surface area (Å²) in [6, 6.07) is 0. The molecule has 0 spiro atoms. The Balaban J connectivity index is 2.52. The summed E-state index contributed by atoms with van der Waals surface area (Å²) >= 11 is 0. The third-order valence-electron chi connectivity index (χ3n) is 4.21. The van der Waals surface area contributed by atoms with E-state index in [0.29, 0.717) is 5.92 Å². The fraction of sp³-hybridized carbons (Fsp3) is 0.765. The van der Waals surface area contributed by atoms with Crippen molar-refractivity contribution in [3.05, 3.63) is 11.6 Å². The molecule has 21 heavy (non-hydrogen) atoms. The van der Waals surface area contributed by atoms with Crippen LogP contribution in [0.1, 0.15) is 54.9 Å². The van der Waals surface area contributed by atoms with Crippen molar-refractivity contribution in [2.24, 2.45) is 29.1 Å². The average molecular weight is 296 g/mol. The van der Waals surface area contributed by atoms with Gasteiger partial charge in [-0.25, -0.2) is 19.4 Å². The Morgan fingerprint density at radius 1 is 1.14 bits per heavy atom. The number of hydrogen-bond acceptors (Lipinski definition) is 4. The Bertz CT molecular complexity index is 430. The highest BCUT2D eigenvalue weighted by atomic mass is 17.2. The zero-order chi connectivity index (χ0) is 16.4. The van der Waals surface area contributed by atoms with E-state index < -0.39 is 11.9 Å². The average Bonchev–Trinajstić information content (AvgIpc) is 2.85. The molecule has 1 rings (SSSR count). The second-order valence-electron chi connectivity index (χ2n) is 7.36. The second kappa shape index (κ2) is 6.63. The summed E-state index contributed by atoms with van der Waals surface area (Å²) in [4.78, 5) is 32.7. The lowest BCUT2D eigenvalue weighted by atomic mass is 9.99. The molecule has 0 amide bonds. The van der Waals surface area contributed by atoms with Crippen molar-refractivity contribution in [3.63, 3.8) is 0 Å². The molecule has 4 nitrogen and oxygen atoms in total. The Morgan fingerprint density at radius 2 is 1.71 bits per heavy atom. The van der Waals surface area contributed by atoms with E-state index >= 15 is 0 Å². The van der Waals surface area contributed by atoms with Gasteiger partial charge in [-0.15, -0.1) is 0 Å². The zero-order valence-electron chi connectivity index (χ0n) is 14.2. The predicted octanol–water partition coefficient (Wildman–Crippen LogP) is 3.91. The number of carbonyl (C=O) groups is 2. The number of rotatable bonds is 5. The summed E-state index contributed by atoms with van der Waals surface area (Å²) in [6.45, 7) is 14.1. The van der Waals surface area contributed by atoms with Gasteiger partial charge in [0.15, 0.2) is 0 Å². The van der Waals surface area contributed by atoms with E-state index in [4.69, 9.17) is 4.89 Å². The molecule has 3 atom stereocenters. The van der Waals surface area contributed by atoms with Crippen LogP contribution in [-0.2, 0) is 19.4 Å². The highest BCUT2D eigenvalue weighted by molar-refractivity contribution is 5.75. The lowest BCUT2D eigenvalue weighted by Gasteiger charge is -2.11. The molecular weight excluding hydrogens is 268 g/mol. The van der Waals surface area contributed by atoms with Crippen LogP contribution < -0.4 is 0 Å². The minimum Gasteiger partial charge on any atom is -0.247 e. The predicted molar refractivity (Wildman–Crippen MR) is 81.0 cm³/mol. The number of allylic oxidation sites excluding steroid dienone is 2. The van der Waals surface area contributed by atoms with Crippen LogP contribution >= 0.6 is 0 Å². The zero-order valence-corrected chi connectivity index (χ0v) is 14.2. The maximum absolute atomic E-state index is 12.0. The van der Waals surface area contributed by atoms with E-state index in [1.807, 2.05) is 20.8 Å². The Hall–Kier alpha value is -1.32. The number of hydrogen-bond donors (Lipinski definition) is 0. The van der Waals surface area contributed by atoms with Gasteiger partial charge >= 0.3 is 11.9 Å². The van der Waals surface area contributed by atoms with Crippen LogP contribution in [-0.4, -0.2) is 11.9 Å². The lowest BCUT2D eigenvalue weighted by molar-refractivity contribution is -0.263. The summed E-state index contributed by atoms with van der Waals surface area (Å²) in [5.74, 6) is -0.470. The van der Waals surface area contributed by atoms with Crippen LogP contribution in [0.4, 0.5) is 0 Å². The summed E-state index contributed by atoms with van der Waals surface area (Å²) in [7, 11) is 0. The van der Waals surface area contributed by atoms with E-state index in [1.54, 1.807) is 0 Å². The van der Waals surface area contributed by atoms with Crippen LogP contribution in [0, 0.1) is 29.1 Å². The standard InChI is InChI=1S/C17H28O4/c1-10(2)8-13-15(17(13,6)7)12(5)16(19)21-20-14(18)9-11(3)4/h8,11-13,15H,9H2,1-7H3/t12-,13-,15?/m1/s1. The third-order valence-corrected chi connectivity index (χ3v) is 4.21. The molecule has 0 aliphatic heterocycles. The normalized spacial score (nSPS) is 24.2. The van der Waals surface area contributed by atoms with Gasteiger partial charge in [-0.1, -0.05) is 46.3 Å². The van der Waals surface area contributed by atoms with Gasteiger partial charge in [-0.3, -0.25) is 0 Å². The molecule has 120 valence electrons. The van der Waals surface area contributed by atoms with Crippen molar-refractivity contribution < 1.29 is 19.4 Å². The molecule has 0 aromatic heterocycles. The Morgan fingerprint density at radius 3 is 2.19 bits per heavy atom. The highest BCUT2D eigenvalue weighted by Gasteiger charge is 2.60. The van der Waals surface area contributed by atoms with Gasteiger partial charge < -0.3 is 0 Å². The smallest absolute Gasteiger partial charge is 0.247 e. The van der Waals surface area contributed by atoms with Crippen LogP contribution in [0.15, 0.2) is 11.6 Å². The second-order valence-corrected chi connectivity index (χ2v) is 7.36. The quantitative estimate of drug-likeness (QED) is 0.438. The Labute approximate surface area is 127 Å². The first kappa shape index (κ1) is 17.7. The maximum Gasteiger partial charge on any atom is 0.358 e. The van der Waals surface area contributed by atoms with Crippen molar-refractivity contribution in [2.45, 2.75) is 54.9 Å². The van der Waals surface area contributed by atoms with Gasteiger partial charge in [0.05, 0.1) is 12.3 Å². The van der Waals surface area contributed by atoms with E-state index in [9.17, 15) is 9.59 Å². The van der Waals surface area contributed by atoms with E-state index in [1.165, 1.54) is 5.57 Å².